The Balaban J connectivity index is 1.10. The maximum atomic E-state index is 13.9. The van der Waals surface area contributed by atoms with Crippen LogP contribution in [0.4, 0.5) is 28.4 Å². The molecule has 1 aliphatic rings. The van der Waals surface area contributed by atoms with E-state index in [0.29, 0.717) is 6.42 Å². The summed E-state index contributed by atoms with van der Waals surface area (Å²) in [4.78, 5) is 43.4. The molecule has 8 rings (SSSR count). The minimum absolute atomic E-state index is 0.0823. The number of ether oxygens (including phenoxy) is 3. The van der Waals surface area contributed by atoms with Gasteiger partial charge in [0.1, 0.15) is 19.3 Å². The van der Waals surface area contributed by atoms with Gasteiger partial charge in [0, 0.05) is 41.8 Å². The van der Waals surface area contributed by atoms with Crippen LogP contribution < -0.4 is 15.1 Å². The molecule has 7 aromatic rings. The summed E-state index contributed by atoms with van der Waals surface area (Å²) in [6, 6.07) is 45.9. The molecule has 0 amide bonds. The summed E-state index contributed by atoms with van der Waals surface area (Å²) in [5.74, 6) is -0.764. The zero-order valence-electron chi connectivity index (χ0n) is 43.2. The standard InChI is InChI=1S/C63H66N3O6/c1-39(2)61(67)70-33-34-71-62(68)53-19-13-14-20-54(53)63(69)72-57-22-16-15-21-56(57)64-55-32-31-52(50-17-11-12-18-51(50)55)58(46-23-27-48(28-24-46)65(9)59-42(5)35-40(3)36-43(59)6)47-25-29-49(30-26-47)66(10)60-44(7)37-41(4)38-45(60)8/h11-14,17-20,23-32,35-38,56-57,64H,1,15-16,21-22,33-34H2,2-10H3/q+1. The largest absolute Gasteiger partial charge is 0.459 e. The van der Waals surface area contributed by atoms with Gasteiger partial charge in [-0.3, -0.25) is 0 Å². The van der Waals surface area contributed by atoms with Gasteiger partial charge in [0.05, 0.1) is 56.8 Å². The molecule has 72 heavy (non-hydrogen) atoms. The fourth-order valence-electron chi connectivity index (χ4n) is 10.6. The molecule has 0 radical (unpaired) electrons. The number of benzene rings is 7. The maximum Gasteiger partial charge on any atom is 0.339 e. The lowest BCUT2D eigenvalue weighted by Crippen LogP contribution is -2.40. The number of hydrogen-bond donors (Lipinski definition) is 1. The molecule has 1 aliphatic carbocycles. The monoisotopic (exact) mass is 960 g/mol. The molecule has 9 nitrogen and oxygen atoms in total. The molecule has 2 unspecified atom stereocenters. The van der Waals surface area contributed by atoms with Gasteiger partial charge in [-0.05, 0) is 175 Å². The molecule has 0 bridgehead atoms. The summed E-state index contributed by atoms with van der Waals surface area (Å²) < 4.78 is 16.7. The quantitative estimate of drug-likeness (QED) is 0.0254. The smallest absolute Gasteiger partial charge is 0.339 e. The number of aryl methyl sites for hydroxylation is 6. The molecular weight excluding hydrogens is 895 g/mol. The Morgan fingerprint density at radius 1 is 0.597 bits per heavy atom. The molecule has 0 saturated heterocycles. The van der Waals surface area contributed by atoms with Crippen LogP contribution in [0.3, 0.4) is 0 Å². The van der Waals surface area contributed by atoms with E-state index >= 15 is 0 Å². The van der Waals surface area contributed by atoms with Crippen molar-refractivity contribution in [1.29, 1.82) is 0 Å². The number of nitrogens with one attached hydrogen (secondary N) is 1. The summed E-state index contributed by atoms with van der Waals surface area (Å²) in [6.45, 7) is 17.8. The van der Waals surface area contributed by atoms with E-state index in [-0.39, 0.29) is 36.0 Å². The molecule has 0 spiro atoms. The van der Waals surface area contributed by atoms with Crippen LogP contribution in [-0.4, -0.2) is 57.4 Å². The molecule has 7 aromatic carbocycles. The van der Waals surface area contributed by atoms with E-state index in [1.165, 1.54) is 50.8 Å². The summed E-state index contributed by atoms with van der Waals surface area (Å²) >= 11 is 0. The van der Waals surface area contributed by atoms with E-state index < -0.39 is 24.0 Å². The molecular formula is C63H66N3O6+. The molecule has 368 valence electrons. The number of carbonyl (C=O) groups excluding carboxylic acids is 3. The number of nitrogens with zero attached hydrogens (tertiary/aromatic N) is 2. The number of rotatable bonds is 16. The highest BCUT2D eigenvalue weighted by atomic mass is 16.6. The van der Waals surface area contributed by atoms with Crippen molar-refractivity contribution in [1.82, 2.24) is 0 Å². The molecule has 2 atom stereocenters. The molecule has 0 aromatic heterocycles. The normalized spacial score (nSPS) is 14.3. The number of anilines is 5. The molecule has 1 saturated carbocycles. The molecule has 1 fully saturated rings. The first-order chi connectivity index (χ1) is 34.6. The highest BCUT2D eigenvalue weighted by Gasteiger charge is 2.32. The first-order valence-electron chi connectivity index (χ1n) is 24.9. The Labute approximate surface area is 425 Å². The molecule has 0 heterocycles. The first kappa shape index (κ1) is 50.6. The van der Waals surface area contributed by atoms with Gasteiger partial charge in [0.2, 0.25) is 0 Å². The van der Waals surface area contributed by atoms with Crippen LogP contribution in [0.5, 0.6) is 0 Å². The third kappa shape index (κ3) is 11.1. The highest BCUT2D eigenvalue weighted by Crippen LogP contribution is 2.41. The van der Waals surface area contributed by atoms with Gasteiger partial charge in [-0.2, -0.15) is 0 Å². The lowest BCUT2D eigenvalue weighted by molar-refractivity contribution is -0.140. The van der Waals surface area contributed by atoms with Crippen molar-refractivity contribution in [3.05, 3.63) is 213 Å². The van der Waals surface area contributed by atoms with Crippen LogP contribution in [0.1, 0.15) is 103 Å². The van der Waals surface area contributed by atoms with Crippen LogP contribution in [0.15, 0.2) is 146 Å². The summed E-state index contributed by atoms with van der Waals surface area (Å²) in [7, 11) is 4.28. The van der Waals surface area contributed by atoms with Crippen LogP contribution in [-0.2, 0) is 19.0 Å². The third-order valence-electron chi connectivity index (χ3n) is 13.8. The van der Waals surface area contributed by atoms with E-state index in [1.807, 2.05) is 0 Å². The summed E-state index contributed by atoms with van der Waals surface area (Å²) in [5.41, 5.74) is 16.8. The average molecular weight is 961 g/mol. The van der Waals surface area contributed by atoms with Crippen molar-refractivity contribution in [2.24, 2.45) is 0 Å². The zero-order chi connectivity index (χ0) is 51.2. The topological polar surface area (TPSA) is 97.4 Å². The maximum absolute atomic E-state index is 13.9. The lowest BCUT2D eigenvalue weighted by atomic mass is 9.82. The van der Waals surface area contributed by atoms with Gasteiger partial charge in [-0.25, -0.2) is 14.4 Å². The minimum atomic E-state index is -0.707. The van der Waals surface area contributed by atoms with E-state index in [2.05, 4.69) is 187 Å². The second-order valence-corrected chi connectivity index (χ2v) is 19.4. The number of esters is 3. The van der Waals surface area contributed by atoms with Gasteiger partial charge >= 0.3 is 17.9 Å². The Kier molecular flexibility index (Phi) is 15.5. The molecule has 9 heteroatoms. The van der Waals surface area contributed by atoms with Crippen LogP contribution >= 0.6 is 0 Å². The van der Waals surface area contributed by atoms with Gasteiger partial charge in [0.15, 0.2) is 0 Å². The van der Waals surface area contributed by atoms with E-state index in [0.717, 1.165) is 69.7 Å². The van der Waals surface area contributed by atoms with Gasteiger partial charge in [-0.15, -0.1) is 0 Å². The Morgan fingerprint density at radius 3 is 1.60 bits per heavy atom. The first-order valence-corrected chi connectivity index (χ1v) is 24.9. The summed E-state index contributed by atoms with van der Waals surface area (Å²) in [6.07, 6.45) is 2.88. The predicted molar refractivity (Wildman–Crippen MR) is 292 cm³/mol. The van der Waals surface area contributed by atoms with E-state index in [1.54, 1.807) is 25.1 Å². The second-order valence-electron chi connectivity index (χ2n) is 19.4. The fourth-order valence-corrected chi connectivity index (χ4v) is 10.6. The van der Waals surface area contributed by atoms with Crippen molar-refractivity contribution in [2.45, 2.75) is 86.3 Å². The van der Waals surface area contributed by atoms with Crippen LogP contribution in [0.25, 0.3) is 10.8 Å². The Hall–Kier alpha value is -7.78. The highest BCUT2D eigenvalue weighted by molar-refractivity contribution is 6.03. The average Bonchev–Trinajstić information content (AvgIpc) is 3.36. The van der Waals surface area contributed by atoms with Crippen molar-refractivity contribution in [3.63, 3.8) is 0 Å². The van der Waals surface area contributed by atoms with E-state index in [4.69, 9.17) is 14.2 Å². The van der Waals surface area contributed by atoms with Crippen molar-refractivity contribution in [2.75, 3.05) is 42.4 Å². The SMILES string of the molecule is C=C(C)C(=O)OCCOC(=O)c1ccccc1C(=O)OC1CCCCC1Nc1ccc([C+](c2ccc(N(C)c3c(C)cc(C)cc3C)cc2)c2ccc(N(C)c3c(C)cc(C)cc3C)cc2)c2ccccc12. The number of hydrogen-bond acceptors (Lipinski definition) is 9. The van der Waals surface area contributed by atoms with E-state index in [9.17, 15) is 14.4 Å². The number of fused-ring (bicyclic) bond motifs is 1. The zero-order valence-corrected chi connectivity index (χ0v) is 43.2. The van der Waals surface area contributed by atoms with Gasteiger partial charge in [-0.1, -0.05) is 72.7 Å². The molecule has 1 N–H and O–H groups in total. The Morgan fingerprint density at radius 2 is 1.07 bits per heavy atom. The van der Waals surface area contributed by atoms with Crippen molar-refractivity contribution >= 4 is 57.1 Å². The number of carbonyl (C=O) groups is 3. The van der Waals surface area contributed by atoms with Crippen molar-refractivity contribution < 1.29 is 28.6 Å². The lowest BCUT2D eigenvalue weighted by Gasteiger charge is -2.33. The van der Waals surface area contributed by atoms with Crippen molar-refractivity contribution in [3.8, 4) is 0 Å². The predicted octanol–water partition coefficient (Wildman–Crippen LogP) is 14.1. The third-order valence-corrected chi connectivity index (χ3v) is 13.8. The van der Waals surface area contributed by atoms with Crippen LogP contribution in [0.2, 0.25) is 0 Å². The summed E-state index contributed by atoms with van der Waals surface area (Å²) in [5, 5.41) is 5.96. The van der Waals surface area contributed by atoms with Gasteiger partial charge < -0.3 is 29.3 Å². The van der Waals surface area contributed by atoms with Crippen LogP contribution in [0, 0.1) is 47.5 Å². The fraction of sp³-hybridized carbons (Fsp3) is 0.270. The Bertz CT molecular complexity index is 2990. The molecule has 0 aliphatic heterocycles. The minimum Gasteiger partial charge on any atom is -0.459 e. The van der Waals surface area contributed by atoms with Gasteiger partial charge in [0.25, 0.3) is 0 Å². The second kappa shape index (κ2) is 22.1.